The van der Waals surface area contributed by atoms with E-state index in [1.54, 1.807) is 48.5 Å². The number of hydrogen-bond acceptors (Lipinski definition) is 8. The Balaban J connectivity index is 0.953. The minimum absolute atomic E-state index is 0.0744. The summed E-state index contributed by atoms with van der Waals surface area (Å²) in [6.45, 7) is 7.94. The molecule has 0 amide bonds. The molecule has 6 rings (SSSR count). The van der Waals surface area contributed by atoms with E-state index in [-0.39, 0.29) is 22.6 Å². The van der Waals surface area contributed by atoms with Gasteiger partial charge in [0.2, 0.25) is 0 Å². The molecule has 0 radical (unpaired) electrons. The highest BCUT2D eigenvalue weighted by Gasteiger charge is 2.37. The van der Waals surface area contributed by atoms with Crippen LogP contribution in [-0.4, -0.2) is 51.3 Å². The minimum atomic E-state index is -4.82. The van der Waals surface area contributed by atoms with Gasteiger partial charge in [-0.15, -0.1) is 13.2 Å². The summed E-state index contributed by atoms with van der Waals surface area (Å²) in [5, 5.41) is 0. The van der Waals surface area contributed by atoms with Gasteiger partial charge in [0.1, 0.15) is 23.0 Å². The van der Waals surface area contributed by atoms with E-state index in [2.05, 4.69) is 11.7 Å². The molecule has 1 heterocycles. The molecule has 52 heavy (non-hydrogen) atoms. The van der Waals surface area contributed by atoms with E-state index < -0.39 is 24.1 Å². The van der Waals surface area contributed by atoms with Crippen molar-refractivity contribution < 1.29 is 51.2 Å². The molecule has 0 N–H and O–H groups in total. The summed E-state index contributed by atoms with van der Waals surface area (Å²) in [6.07, 6.45) is 0.391. The van der Waals surface area contributed by atoms with E-state index in [4.69, 9.17) is 23.7 Å². The lowest BCUT2D eigenvalue weighted by atomic mass is 9.84. The fraction of sp³-hybridized carbons (Fsp3) is 0.366. The van der Waals surface area contributed by atoms with Crippen molar-refractivity contribution in [2.24, 2.45) is 5.41 Å². The standard InChI is InChI=1S/C41H41F3O8/c1-3-40(25-48-26-40)24-47-20-6-4-5-7-21-49-30-10-12-31(13-11-30)50-38(45)28-8-18-34-35-19-9-29(23-37(35)27(2)36(34)22-28)39(46)51-32-14-16-33(17-15-32)52-41(42,43)44/h8-19,22-23,27H,3-7,20-21,24-26H2,1-2H3. The molecular formula is C41H41F3O8. The normalized spacial score (nSPS) is 15.6. The summed E-state index contributed by atoms with van der Waals surface area (Å²) in [4.78, 5) is 26.0. The zero-order valence-electron chi connectivity index (χ0n) is 29.1. The second-order valence-electron chi connectivity index (χ2n) is 13.3. The maximum atomic E-state index is 13.1. The fourth-order valence-electron chi connectivity index (χ4n) is 6.32. The molecule has 1 aliphatic carbocycles. The van der Waals surface area contributed by atoms with Gasteiger partial charge < -0.3 is 28.4 Å². The molecule has 0 spiro atoms. The van der Waals surface area contributed by atoms with Crippen molar-refractivity contribution in [3.8, 4) is 34.1 Å². The van der Waals surface area contributed by atoms with Crippen LogP contribution in [0.3, 0.4) is 0 Å². The Morgan fingerprint density at radius 2 is 1.21 bits per heavy atom. The Bertz CT molecular complexity index is 1840. The van der Waals surface area contributed by atoms with Gasteiger partial charge in [-0.2, -0.15) is 0 Å². The number of unbranched alkanes of at least 4 members (excludes halogenated alkanes) is 3. The molecular weight excluding hydrogens is 677 g/mol. The van der Waals surface area contributed by atoms with Crippen LogP contribution in [0.15, 0.2) is 84.9 Å². The third-order valence-electron chi connectivity index (χ3n) is 9.53. The van der Waals surface area contributed by atoms with Crippen LogP contribution in [0.5, 0.6) is 23.0 Å². The smallest absolute Gasteiger partial charge is 0.494 e. The Morgan fingerprint density at radius 1 is 0.712 bits per heavy atom. The first-order chi connectivity index (χ1) is 25.0. The van der Waals surface area contributed by atoms with Crippen LogP contribution >= 0.6 is 0 Å². The van der Waals surface area contributed by atoms with Crippen molar-refractivity contribution in [2.45, 2.75) is 58.2 Å². The quantitative estimate of drug-likeness (QED) is 0.0643. The molecule has 1 atom stereocenters. The van der Waals surface area contributed by atoms with Gasteiger partial charge in [-0.1, -0.05) is 32.4 Å². The van der Waals surface area contributed by atoms with E-state index in [9.17, 15) is 22.8 Å². The second kappa shape index (κ2) is 16.2. The largest absolute Gasteiger partial charge is 0.573 e. The molecule has 4 aromatic rings. The highest BCUT2D eigenvalue weighted by molar-refractivity contribution is 5.95. The number of halogens is 3. The number of hydrogen-bond donors (Lipinski definition) is 0. The lowest BCUT2D eigenvalue weighted by molar-refractivity contribution is -0.274. The number of benzene rings is 4. The molecule has 4 aromatic carbocycles. The number of carbonyl (C=O) groups excluding carboxylic acids is 2. The number of alkyl halides is 3. The summed E-state index contributed by atoms with van der Waals surface area (Å²) < 4.78 is 69.3. The maximum absolute atomic E-state index is 13.1. The minimum Gasteiger partial charge on any atom is -0.494 e. The van der Waals surface area contributed by atoms with E-state index in [0.29, 0.717) is 23.7 Å². The van der Waals surface area contributed by atoms with Crippen molar-refractivity contribution >= 4 is 11.9 Å². The molecule has 0 saturated carbocycles. The van der Waals surface area contributed by atoms with E-state index in [0.717, 1.165) is 92.9 Å². The fourth-order valence-corrected chi connectivity index (χ4v) is 6.32. The molecule has 1 aliphatic heterocycles. The molecule has 0 aromatic heterocycles. The molecule has 8 nitrogen and oxygen atoms in total. The van der Waals surface area contributed by atoms with E-state index >= 15 is 0 Å². The Labute approximate surface area is 300 Å². The van der Waals surface area contributed by atoms with Gasteiger partial charge >= 0.3 is 18.3 Å². The summed E-state index contributed by atoms with van der Waals surface area (Å²) >= 11 is 0. The highest BCUT2D eigenvalue weighted by Crippen LogP contribution is 2.45. The number of fused-ring (bicyclic) bond motifs is 3. The average Bonchev–Trinajstić information content (AvgIpc) is 3.39. The SMILES string of the molecule is CCC1(COCCCCCCOc2ccc(OC(=O)c3ccc4c(c3)C(C)c3cc(C(=O)Oc5ccc(OC(F)(F)F)cc5)ccc3-4)cc2)COC1. The molecule has 1 saturated heterocycles. The highest BCUT2D eigenvalue weighted by atomic mass is 19.4. The average molecular weight is 719 g/mol. The van der Waals surface area contributed by atoms with Crippen molar-refractivity contribution in [3.63, 3.8) is 0 Å². The lowest BCUT2D eigenvalue weighted by Crippen LogP contribution is -2.45. The summed E-state index contributed by atoms with van der Waals surface area (Å²) in [7, 11) is 0. The zero-order chi connectivity index (χ0) is 36.7. The number of carbonyl (C=O) groups is 2. The lowest BCUT2D eigenvalue weighted by Gasteiger charge is -2.40. The van der Waals surface area contributed by atoms with Crippen molar-refractivity contribution in [1.82, 2.24) is 0 Å². The van der Waals surface area contributed by atoms with Gasteiger partial charge in [-0.25, -0.2) is 9.59 Å². The molecule has 0 bridgehead atoms. The van der Waals surface area contributed by atoms with Crippen LogP contribution in [0.1, 0.15) is 83.7 Å². The first-order valence-corrected chi connectivity index (χ1v) is 17.5. The number of ether oxygens (including phenoxy) is 6. The van der Waals surface area contributed by atoms with Gasteiger partial charge in [0.15, 0.2) is 0 Å². The van der Waals surface area contributed by atoms with Crippen LogP contribution in [0, 0.1) is 5.41 Å². The number of esters is 2. The summed E-state index contributed by atoms with van der Waals surface area (Å²) in [6, 6.07) is 22.1. The molecule has 1 fully saturated rings. The van der Waals surface area contributed by atoms with Gasteiger partial charge in [0.25, 0.3) is 0 Å². The van der Waals surface area contributed by atoms with Crippen LogP contribution in [0.4, 0.5) is 13.2 Å². The first-order valence-electron chi connectivity index (χ1n) is 17.5. The van der Waals surface area contributed by atoms with Crippen molar-refractivity contribution in [1.29, 1.82) is 0 Å². The third kappa shape index (κ3) is 9.13. The maximum Gasteiger partial charge on any atom is 0.573 e. The Kier molecular flexibility index (Phi) is 11.5. The zero-order valence-corrected chi connectivity index (χ0v) is 29.1. The Hall–Kier alpha value is -4.87. The summed E-state index contributed by atoms with van der Waals surface area (Å²) in [5.74, 6) is -0.522. The van der Waals surface area contributed by atoms with Crippen LogP contribution < -0.4 is 18.9 Å². The van der Waals surface area contributed by atoms with Gasteiger partial charge in [-0.05, 0) is 121 Å². The molecule has 11 heteroatoms. The van der Waals surface area contributed by atoms with Gasteiger partial charge in [-0.3, -0.25) is 0 Å². The first kappa shape index (κ1) is 36.9. The third-order valence-corrected chi connectivity index (χ3v) is 9.53. The second-order valence-corrected chi connectivity index (χ2v) is 13.3. The molecule has 2 aliphatic rings. The number of rotatable bonds is 16. The van der Waals surface area contributed by atoms with Crippen LogP contribution in [0.2, 0.25) is 0 Å². The topological polar surface area (TPSA) is 89.5 Å². The predicted molar refractivity (Wildman–Crippen MR) is 187 cm³/mol. The van der Waals surface area contributed by atoms with Crippen LogP contribution in [-0.2, 0) is 9.47 Å². The van der Waals surface area contributed by atoms with Gasteiger partial charge in [0.05, 0.1) is 37.6 Å². The van der Waals surface area contributed by atoms with Crippen molar-refractivity contribution in [3.05, 3.63) is 107 Å². The molecule has 274 valence electrons. The van der Waals surface area contributed by atoms with E-state index in [1.807, 2.05) is 19.1 Å². The monoisotopic (exact) mass is 718 g/mol. The van der Waals surface area contributed by atoms with Gasteiger partial charge in [0, 0.05) is 17.9 Å². The Morgan fingerprint density at radius 3 is 1.69 bits per heavy atom. The molecule has 1 unspecified atom stereocenters. The van der Waals surface area contributed by atoms with Crippen LogP contribution in [0.25, 0.3) is 11.1 Å². The predicted octanol–water partition coefficient (Wildman–Crippen LogP) is 9.54. The van der Waals surface area contributed by atoms with E-state index in [1.165, 1.54) is 12.1 Å². The van der Waals surface area contributed by atoms with Crippen molar-refractivity contribution in [2.75, 3.05) is 33.0 Å². The summed E-state index contributed by atoms with van der Waals surface area (Å²) in [5.41, 5.74) is 4.58.